The molecule has 2 amide bonds. The van der Waals surface area contributed by atoms with E-state index in [1.54, 1.807) is 19.2 Å². The van der Waals surface area contributed by atoms with Crippen LogP contribution in [-0.2, 0) is 4.79 Å². The van der Waals surface area contributed by atoms with Crippen molar-refractivity contribution >= 4 is 29.1 Å². The molecule has 0 aromatic heterocycles. The molecule has 156 valence electrons. The summed E-state index contributed by atoms with van der Waals surface area (Å²) in [6, 6.07) is 4.99. The molecule has 6 nitrogen and oxygen atoms in total. The van der Waals surface area contributed by atoms with Crippen LogP contribution in [0.25, 0.3) is 0 Å². The molecule has 1 heterocycles. The Balaban J connectivity index is 1.69. The minimum atomic E-state index is -0.846. The summed E-state index contributed by atoms with van der Waals surface area (Å²) in [7, 11) is 1.60. The third-order valence-corrected chi connectivity index (χ3v) is 5.90. The van der Waals surface area contributed by atoms with Gasteiger partial charge in [0, 0.05) is 19.2 Å². The van der Waals surface area contributed by atoms with E-state index in [0.717, 1.165) is 31.2 Å². The summed E-state index contributed by atoms with van der Waals surface area (Å²) in [5, 5.41) is 16.6. The van der Waals surface area contributed by atoms with Crippen LogP contribution in [0.3, 0.4) is 0 Å². The van der Waals surface area contributed by atoms with Crippen LogP contribution in [-0.4, -0.2) is 47.9 Å². The van der Waals surface area contributed by atoms with Gasteiger partial charge in [-0.3, -0.25) is 14.6 Å². The predicted octanol–water partition coefficient (Wildman–Crippen LogP) is 3.02. The van der Waals surface area contributed by atoms with Gasteiger partial charge in [0.1, 0.15) is 0 Å². The van der Waals surface area contributed by atoms with Gasteiger partial charge in [-0.25, -0.2) is 0 Å². The average molecular weight is 418 g/mol. The number of carbonyl (C=O) groups is 2. The Morgan fingerprint density at radius 3 is 2.66 bits per heavy atom. The van der Waals surface area contributed by atoms with Gasteiger partial charge in [-0.15, -0.1) is 0 Å². The maximum absolute atomic E-state index is 12.7. The van der Waals surface area contributed by atoms with Crippen molar-refractivity contribution in [2.75, 3.05) is 13.6 Å². The Morgan fingerprint density at radius 2 is 1.97 bits per heavy atom. The number of nitrogens with one attached hydrogen (secondary N) is 2. The normalized spacial score (nSPS) is 20.7. The largest absolute Gasteiger partial charge is 0.388 e. The Bertz CT molecular complexity index is 827. The number of aliphatic hydroxyl groups is 1. The van der Waals surface area contributed by atoms with Gasteiger partial charge in [0.15, 0.2) is 0 Å². The lowest BCUT2D eigenvalue weighted by molar-refractivity contribution is -0.120. The number of allylic oxidation sites excluding steroid dienone is 1. The summed E-state index contributed by atoms with van der Waals surface area (Å²) in [4.78, 5) is 28.8. The van der Waals surface area contributed by atoms with Gasteiger partial charge in [-0.05, 0) is 31.1 Å². The van der Waals surface area contributed by atoms with E-state index in [1.807, 2.05) is 18.2 Å². The van der Waals surface area contributed by atoms with Crippen LogP contribution in [0.1, 0.15) is 60.9 Å². The highest BCUT2D eigenvalue weighted by Gasteiger charge is 2.29. The molecule has 7 heteroatoms. The van der Waals surface area contributed by atoms with Crippen LogP contribution in [0, 0.1) is 0 Å². The second kappa shape index (κ2) is 9.55. The predicted molar refractivity (Wildman–Crippen MR) is 115 cm³/mol. The first-order valence-electron chi connectivity index (χ1n) is 10.2. The molecule has 0 radical (unpaired) electrons. The highest BCUT2D eigenvalue weighted by Crippen LogP contribution is 2.27. The van der Waals surface area contributed by atoms with Gasteiger partial charge >= 0.3 is 0 Å². The third-order valence-electron chi connectivity index (χ3n) is 5.57. The van der Waals surface area contributed by atoms with Crippen LogP contribution in [0.5, 0.6) is 0 Å². The van der Waals surface area contributed by atoms with E-state index in [1.165, 1.54) is 0 Å². The number of carbonyl (C=O) groups excluding carboxylic acids is 2. The molecular formula is C22H28ClN3O3. The van der Waals surface area contributed by atoms with Crippen molar-refractivity contribution in [2.24, 2.45) is 4.99 Å². The molecule has 3 N–H and O–H groups in total. The number of hydrogen-bond acceptors (Lipinski definition) is 4. The van der Waals surface area contributed by atoms with Crippen molar-refractivity contribution in [3.05, 3.63) is 46.5 Å². The monoisotopic (exact) mass is 417 g/mol. The minimum Gasteiger partial charge on any atom is -0.388 e. The lowest BCUT2D eigenvalue weighted by atomic mass is 9.94. The van der Waals surface area contributed by atoms with E-state index in [0.29, 0.717) is 29.1 Å². The molecule has 1 aliphatic carbocycles. The van der Waals surface area contributed by atoms with Gasteiger partial charge in [0.05, 0.1) is 34.4 Å². The standard InChI is InChI=1S/C22H28ClN3O3/c1-24-20(27)13-16-7-9-19(26-16)15-6-8-18(23)17(12-15)21(28)25-14-22(29)10-4-2-3-5-11-22/h6-9,12,16,29H,2-5,10-11,13-14H2,1H3,(H,24,27)(H,25,28). The molecule has 1 aromatic carbocycles. The van der Waals surface area contributed by atoms with Gasteiger partial charge in [-0.2, -0.15) is 0 Å². The fourth-order valence-corrected chi connectivity index (χ4v) is 4.01. The molecule has 1 unspecified atom stereocenters. The second-order valence-electron chi connectivity index (χ2n) is 7.83. The Hall–Kier alpha value is -2.18. The first-order valence-corrected chi connectivity index (χ1v) is 10.5. The molecule has 1 aromatic rings. The summed E-state index contributed by atoms with van der Waals surface area (Å²) in [5.41, 5.74) is 0.990. The van der Waals surface area contributed by atoms with Crippen molar-refractivity contribution in [1.29, 1.82) is 0 Å². The molecule has 0 bridgehead atoms. The number of amides is 2. The van der Waals surface area contributed by atoms with Crippen LogP contribution in [0.4, 0.5) is 0 Å². The Labute approximate surface area is 176 Å². The zero-order valence-corrected chi connectivity index (χ0v) is 17.5. The van der Waals surface area contributed by atoms with E-state index >= 15 is 0 Å². The van der Waals surface area contributed by atoms with Crippen LogP contribution in [0.15, 0.2) is 35.3 Å². The van der Waals surface area contributed by atoms with Gasteiger partial charge < -0.3 is 15.7 Å². The lowest BCUT2D eigenvalue weighted by Gasteiger charge is -2.26. The third kappa shape index (κ3) is 5.67. The molecule has 0 spiro atoms. The van der Waals surface area contributed by atoms with E-state index < -0.39 is 5.60 Å². The number of aliphatic imine (C=N–C) groups is 1. The van der Waals surface area contributed by atoms with Crippen molar-refractivity contribution in [3.63, 3.8) is 0 Å². The molecule has 1 saturated carbocycles. The number of halogens is 1. The van der Waals surface area contributed by atoms with Gasteiger partial charge in [0.25, 0.3) is 5.91 Å². The minimum absolute atomic E-state index is 0.0720. The summed E-state index contributed by atoms with van der Waals surface area (Å²) < 4.78 is 0. The topological polar surface area (TPSA) is 90.8 Å². The smallest absolute Gasteiger partial charge is 0.252 e. The summed E-state index contributed by atoms with van der Waals surface area (Å²) >= 11 is 6.26. The van der Waals surface area contributed by atoms with E-state index in [-0.39, 0.29) is 30.8 Å². The number of nitrogens with zero attached hydrogens (tertiary/aromatic N) is 1. The molecule has 29 heavy (non-hydrogen) atoms. The van der Waals surface area contributed by atoms with Crippen molar-refractivity contribution in [3.8, 4) is 0 Å². The van der Waals surface area contributed by atoms with Crippen LogP contribution >= 0.6 is 11.6 Å². The molecule has 1 aliphatic heterocycles. The highest BCUT2D eigenvalue weighted by atomic mass is 35.5. The Kier molecular flexibility index (Phi) is 7.09. The van der Waals surface area contributed by atoms with Crippen molar-refractivity contribution < 1.29 is 14.7 Å². The quantitative estimate of drug-likeness (QED) is 0.621. The van der Waals surface area contributed by atoms with E-state index in [2.05, 4.69) is 15.6 Å². The van der Waals surface area contributed by atoms with Gasteiger partial charge in [-0.1, -0.05) is 49.4 Å². The SMILES string of the molecule is CNC(=O)CC1C=CC(c2ccc(Cl)c(C(=O)NCC3(O)CCCCCC3)c2)=N1. The van der Waals surface area contributed by atoms with Crippen LogP contribution < -0.4 is 10.6 Å². The fraction of sp³-hybridized carbons (Fsp3) is 0.500. The highest BCUT2D eigenvalue weighted by molar-refractivity contribution is 6.34. The summed E-state index contributed by atoms with van der Waals surface area (Å²) in [6.45, 7) is 0.224. The molecule has 1 fully saturated rings. The average Bonchev–Trinajstić information content (AvgIpc) is 3.06. The maximum Gasteiger partial charge on any atom is 0.252 e. The number of hydrogen-bond donors (Lipinski definition) is 3. The van der Waals surface area contributed by atoms with Crippen LogP contribution in [0.2, 0.25) is 5.02 Å². The molecule has 1 atom stereocenters. The van der Waals surface area contributed by atoms with E-state index in [4.69, 9.17) is 11.6 Å². The summed E-state index contributed by atoms with van der Waals surface area (Å²) in [6.07, 6.45) is 9.63. The fourth-order valence-electron chi connectivity index (χ4n) is 3.81. The zero-order chi connectivity index (χ0) is 20.9. The van der Waals surface area contributed by atoms with E-state index in [9.17, 15) is 14.7 Å². The second-order valence-corrected chi connectivity index (χ2v) is 8.24. The summed E-state index contributed by atoms with van der Waals surface area (Å²) in [5.74, 6) is -0.378. The zero-order valence-electron chi connectivity index (χ0n) is 16.7. The molecular weight excluding hydrogens is 390 g/mol. The number of benzene rings is 1. The van der Waals surface area contributed by atoms with Gasteiger partial charge in [0.2, 0.25) is 5.91 Å². The maximum atomic E-state index is 12.7. The lowest BCUT2D eigenvalue weighted by Crippen LogP contribution is -2.42. The molecule has 3 rings (SSSR count). The molecule has 2 aliphatic rings. The first kappa shape index (κ1) is 21.5. The first-order chi connectivity index (χ1) is 13.9. The van der Waals surface area contributed by atoms with Crippen molar-refractivity contribution in [2.45, 2.75) is 56.6 Å². The molecule has 0 saturated heterocycles. The van der Waals surface area contributed by atoms with Crippen molar-refractivity contribution in [1.82, 2.24) is 10.6 Å². The Morgan fingerprint density at radius 1 is 1.24 bits per heavy atom. The number of rotatable bonds is 6.